The smallest absolute Gasteiger partial charge is 0.253 e. The van der Waals surface area contributed by atoms with Gasteiger partial charge in [-0.25, -0.2) is 0 Å². The number of hydrogen-bond donors (Lipinski definition) is 4. The molecule has 0 unspecified atom stereocenters. The lowest BCUT2D eigenvalue weighted by Crippen LogP contribution is -2.58. The summed E-state index contributed by atoms with van der Waals surface area (Å²) in [5.41, 5.74) is 6.16. The third kappa shape index (κ3) is 7.50. The Kier molecular flexibility index (Phi) is 10.6. The second kappa shape index (κ2) is 13.9. The predicted molar refractivity (Wildman–Crippen MR) is 144 cm³/mol. The minimum absolute atomic E-state index is 0.296. The summed E-state index contributed by atoms with van der Waals surface area (Å²) in [5, 5.41) is 8.59. The summed E-state index contributed by atoms with van der Waals surface area (Å²) in [7, 11) is 0. The van der Waals surface area contributed by atoms with Gasteiger partial charge in [-0.15, -0.1) is 0 Å². The van der Waals surface area contributed by atoms with Gasteiger partial charge in [0.15, 0.2) is 0 Å². The molecule has 1 heterocycles. The number of nitrogens with one attached hydrogen (secondary N) is 3. The SMILES string of the molecule is Cc1ccc(NC(=O)[C@H](CCCCN)NC(=O)C2(C(=O)NCCCCCN3C(=O)C=CC3=O)CCC2)cc1. The Balaban J connectivity index is 1.49. The number of carbonyl (C=O) groups excluding carboxylic acids is 5. The molecular formula is C28H39N5O5. The lowest BCUT2D eigenvalue weighted by Gasteiger charge is -2.39. The average molecular weight is 526 g/mol. The molecule has 10 heteroatoms. The molecule has 2 aliphatic rings. The zero-order valence-electron chi connectivity index (χ0n) is 22.1. The molecule has 0 bridgehead atoms. The van der Waals surface area contributed by atoms with E-state index in [-0.39, 0.29) is 23.6 Å². The van der Waals surface area contributed by atoms with Crippen LogP contribution in [0.4, 0.5) is 5.69 Å². The van der Waals surface area contributed by atoms with Crippen LogP contribution in [-0.2, 0) is 24.0 Å². The minimum atomic E-state index is -1.17. The van der Waals surface area contributed by atoms with Crippen molar-refractivity contribution in [2.45, 2.75) is 70.8 Å². The van der Waals surface area contributed by atoms with Gasteiger partial charge in [0.1, 0.15) is 11.5 Å². The van der Waals surface area contributed by atoms with E-state index in [1.165, 1.54) is 17.1 Å². The summed E-state index contributed by atoms with van der Waals surface area (Å²) in [6.45, 7) is 3.19. The first kappa shape index (κ1) is 29.0. The van der Waals surface area contributed by atoms with E-state index in [0.717, 1.165) is 24.8 Å². The van der Waals surface area contributed by atoms with Gasteiger partial charge in [-0.3, -0.25) is 28.9 Å². The summed E-state index contributed by atoms with van der Waals surface area (Å²) in [4.78, 5) is 63.8. The second-order valence-electron chi connectivity index (χ2n) is 10.1. The van der Waals surface area contributed by atoms with Gasteiger partial charge in [-0.1, -0.05) is 24.1 Å². The standard InChI is InChI=1S/C28H39N5O5/c1-20-9-11-21(12-10-20)31-25(36)22(8-3-4-17-29)32-27(38)28(15-7-16-28)26(37)30-18-5-2-6-19-33-23(34)13-14-24(33)35/h9-14,22H,2-8,15-19,29H2,1H3,(H,30,37)(H,31,36)(H,32,38)/t22-/m0/s1. The number of anilines is 1. The minimum Gasteiger partial charge on any atom is -0.355 e. The third-order valence-corrected chi connectivity index (χ3v) is 7.21. The zero-order valence-corrected chi connectivity index (χ0v) is 22.1. The van der Waals surface area contributed by atoms with E-state index in [4.69, 9.17) is 5.73 Å². The number of amides is 5. The van der Waals surface area contributed by atoms with Crippen LogP contribution in [0.5, 0.6) is 0 Å². The van der Waals surface area contributed by atoms with Crippen molar-refractivity contribution in [2.75, 3.05) is 25.0 Å². The number of carbonyl (C=O) groups is 5. The Morgan fingerprint density at radius 2 is 1.63 bits per heavy atom. The largest absolute Gasteiger partial charge is 0.355 e. The molecular weight excluding hydrogens is 486 g/mol. The first-order valence-corrected chi connectivity index (χ1v) is 13.5. The highest BCUT2D eigenvalue weighted by atomic mass is 16.2. The summed E-state index contributed by atoms with van der Waals surface area (Å²) < 4.78 is 0. The van der Waals surface area contributed by atoms with E-state index in [9.17, 15) is 24.0 Å². The molecule has 1 fully saturated rings. The molecule has 5 N–H and O–H groups in total. The number of unbranched alkanes of at least 4 members (excludes halogenated alkanes) is 3. The molecule has 38 heavy (non-hydrogen) atoms. The second-order valence-corrected chi connectivity index (χ2v) is 10.1. The van der Waals surface area contributed by atoms with Gasteiger partial charge in [0, 0.05) is 30.9 Å². The molecule has 0 radical (unpaired) electrons. The van der Waals surface area contributed by atoms with E-state index in [0.29, 0.717) is 63.8 Å². The van der Waals surface area contributed by atoms with E-state index in [2.05, 4.69) is 16.0 Å². The van der Waals surface area contributed by atoms with Crippen molar-refractivity contribution in [3.8, 4) is 0 Å². The molecule has 5 amide bonds. The van der Waals surface area contributed by atoms with Crippen LogP contribution in [0, 0.1) is 12.3 Å². The van der Waals surface area contributed by atoms with Crippen LogP contribution in [0.15, 0.2) is 36.4 Å². The van der Waals surface area contributed by atoms with Crippen LogP contribution >= 0.6 is 0 Å². The predicted octanol–water partition coefficient (Wildman–Crippen LogP) is 1.93. The Hall–Kier alpha value is -3.53. The number of nitrogens with two attached hydrogens (primary N) is 1. The summed E-state index contributed by atoms with van der Waals surface area (Å²) in [6, 6.07) is 6.64. The number of aryl methyl sites for hydroxylation is 1. The molecule has 3 rings (SSSR count). The fraction of sp³-hybridized carbons (Fsp3) is 0.536. The molecule has 1 saturated carbocycles. The van der Waals surface area contributed by atoms with Crippen molar-refractivity contribution in [3.05, 3.63) is 42.0 Å². The first-order chi connectivity index (χ1) is 18.3. The van der Waals surface area contributed by atoms with Crippen LogP contribution < -0.4 is 21.7 Å². The molecule has 0 spiro atoms. The Morgan fingerprint density at radius 3 is 2.24 bits per heavy atom. The Bertz CT molecular complexity index is 1030. The average Bonchev–Trinajstić information content (AvgIpc) is 3.18. The Morgan fingerprint density at radius 1 is 0.947 bits per heavy atom. The van der Waals surface area contributed by atoms with E-state index in [1.54, 1.807) is 0 Å². The van der Waals surface area contributed by atoms with Gasteiger partial charge in [-0.2, -0.15) is 0 Å². The van der Waals surface area contributed by atoms with Gasteiger partial charge in [0.25, 0.3) is 11.8 Å². The van der Waals surface area contributed by atoms with Crippen molar-refractivity contribution in [1.29, 1.82) is 0 Å². The number of benzene rings is 1. The van der Waals surface area contributed by atoms with Crippen LogP contribution in [-0.4, -0.2) is 60.1 Å². The highest BCUT2D eigenvalue weighted by molar-refractivity contribution is 6.12. The molecule has 1 aromatic rings. The number of hydrogen-bond acceptors (Lipinski definition) is 6. The molecule has 1 aliphatic carbocycles. The molecule has 0 saturated heterocycles. The third-order valence-electron chi connectivity index (χ3n) is 7.21. The van der Waals surface area contributed by atoms with Crippen molar-refractivity contribution >= 4 is 35.2 Å². The Labute approximate surface area is 223 Å². The van der Waals surface area contributed by atoms with E-state index >= 15 is 0 Å². The van der Waals surface area contributed by atoms with Crippen LogP contribution in [0.25, 0.3) is 0 Å². The molecule has 0 aromatic heterocycles. The first-order valence-electron chi connectivity index (χ1n) is 13.5. The van der Waals surface area contributed by atoms with Gasteiger partial charge < -0.3 is 21.7 Å². The molecule has 1 aromatic carbocycles. The number of rotatable bonds is 15. The van der Waals surface area contributed by atoms with Crippen LogP contribution in [0.3, 0.4) is 0 Å². The van der Waals surface area contributed by atoms with Crippen molar-refractivity contribution in [1.82, 2.24) is 15.5 Å². The summed E-state index contributed by atoms with van der Waals surface area (Å²) in [6.07, 6.45) is 8.02. The van der Waals surface area contributed by atoms with Gasteiger partial charge in [0.2, 0.25) is 17.7 Å². The molecule has 1 atom stereocenters. The van der Waals surface area contributed by atoms with Crippen molar-refractivity contribution in [2.24, 2.45) is 11.1 Å². The monoisotopic (exact) mass is 525 g/mol. The highest BCUT2D eigenvalue weighted by Gasteiger charge is 2.51. The van der Waals surface area contributed by atoms with Crippen LogP contribution in [0.2, 0.25) is 0 Å². The quantitative estimate of drug-likeness (QED) is 0.156. The molecule has 1 aliphatic heterocycles. The normalized spacial score (nSPS) is 16.6. The summed E-state index contributed by atoms with van der Waals surface area (Å²) >= 11 is 0. The topological polar surface area (TPSA) is 151 Å². The lowest BCUT2D eigenvalue weighted by atomic mass is 9.67. The number of nitrogens with zero attached hydrogens (tertiary/aromatic N) is 1. The highest BCUT2D eigenvalue weighted by Crippen LogP contribution is 2.41. The fourth-order valence-electron chi connectivity index (χ4n) is 4.61. The molecule has 10 nitrogen and oxygen atoms in total. The zero-order chi connectivity index (χ0) is 27.5. The number of imide groups is 1. The van der Waals surface area contributed by atoms with Crippen LogP contribution in [0.1, 0.15) is 63.4 Å². The maximum absolute atomic E-state index is 13.3. The van der Waals surface area contributed by atoms with Gasteiger partial charge >= 0.3 is 0 Å². The fourth-order valence-corrected chi connectivity index (χ4v) is 4.61. The van der Waals surface area contributed by atoms with Gasteiger partial charge in [-0.05, 0) is 77.0 Å². The lowest BCUT2D eigenvalue weighted by molar-refractivity contribution is -0.151. The van der Waals surface area contributed by atoms with E-state index in [1.807, 2.05) is 31.2 Å². The maximum Gasteiger partial charge on any atom is 0.253 e. The van der Waals surface area contributed by atoms with Crippen molar-refractivity contribution in [3.63, 3.8) is 0 Å². The maximum atomic E-state index is 13.3. The molecule has 206 valence electrons. The van der Waals surface area contributed by atoms with Gasteiger partial charge in [0.05, 0.1) is 0 Å². The summed E-state index contributed by atoms with van der Waals surface area (Å²) in [5.74, 6) is -1.66. The van der Waals surface area contributed by atoms with Crippen molar-refractivity contribution < 1.29 is 24.0 Å². The van der Waals surface area contributed by atoms with E-state index < -0.39 is 17.4 Å².